The molecule has 2 rings (SSSR count). The van der Waals surface area contributed by atoms with E-state index in [4.69, 9.17) is 21.1 Å². The van der Waals surface area contributed by atoms with Gasteiger partial charge in [-0.05, 0) is 63.6 Å². The molecule has 0 spiro atoms. The molecule has 130 valence electrons. The molecule has 0 saturated carbocycles. The van der Waals surface area contributed by atoms with Crippen LogP contribution in [0.15, 0.2) is 42.5 Å². The minimum Gasteiger partial charge on any atom is -0.491 e. The number of nitriles is 1. The third-order valence-electron chi connectivity index (χ3n) is 3.28. The number of ether oxygens (including phenoxy) is 2. The first-order chi connectivity index (χ1) is 11.9. The molecule has 2 aromatic rings. The van der Waals surface area contributed by atoms with Gasteiger partial charge in [0.15, 0.2) is 0 Å². The van der Waals surface area contributed by atoms with Crippen molar-refractivity contribution in [2.45, 2.75) is 39.9 Å². The standard InChI is InChI=1S/C21H22ClNO2/c1-14(2)24-20-9-8-17(21(12-20)25-15(3)4)10-18(13-23)16-6-5-7-19(22)11-16/h5-12,14-15H,1-4H3/b18-10-. The number of hydrogen-bond donors (Lipinski definition) is 0. The molecule has 0 amide bonds. The first kappa shape index (κ1) is 18.9. The van der Waals surface area contributed by atoms with Gasteiger partial charge in [0.1, 0.15) is 11.5 Å². The third-order valence-corrected chi connectivity index (χ3v) is 3.51. The third kappa shape index (κ3) is 5.55. The molecule has 0 fully saturated rings. The number of halogens is 1. The highest BCUT2D eigenvalue weighted by atomic mass is 35.5. The van der Waals surface area contributed by atoms with Crippen LogP contribution in [0.25, 0.3) is 11.6 Å². The first-order valence-electron chi connectivity index (χ1n) is 8.24. The smallest absolute Gasteiger partial charge is 0.130 e. The average molecular weight is 356 g/mol. The van der Waals surface area contributed by atoms with Gasteiger partial charge in [-0.2, -0.15) is 5.26 Å². The molecule has 3 nitrogen and oxygen atoms in total. The van der Waals surface area contributed by atoms with Crippen molar-refractivity contribution in [2.75, 3.05) is 0 Å². The molecule has 2 aromatic carbocycles. The van der Waals surface area contributed by atoms with Crippen LogP contribution in [-0.2, 0) is 0 Å². The topological polar surface area (TPSA) is 42.2 Å². The van der Waals surface area contributed by atoms with Crippen LogP contribution in [0.4, 0.5) is 0 Å². The van der Waals surface area contributed by atoms with Gasteiger partial charge in [0.25, 0.3) is 0 Å². The predicted octanol–water partition coefficient (Wildman–Crippen LogP) is 5.98. The van der Waals surface area contributed by atoms with Crippen molar-refractivity contribution < 1.29 is 9.47 Å². The van der Waals surface area contributed by atoms with E-state index in [9.17, 15) is 5.26 Å². The van der Waals surface area contributed by atoms with Crippen LogP contribution >= 0.6 is 11.6 Å². The summed E-state index contributed by atoms with van der Waals surface area (Å²) < 4.78 is 11.7. The van der Waals surface area contributed by atoms with Crippen LogP contribution in [0.2, 0.25) is 5.02 Å². The largest absolute Gasteiger partial charge is 0.491 e. The molecule has 0 saturated heterocycles. The number of hydrogen-bond acceptors (Lipinski definition) is 3. The van der Waals surface area contributed by atoms with E-state index in [-0.39, 0.29) is 12.2 Å². The normalized spacial score (nSPS) is 11.5. The van der Waals surface area contributed by atoms with Crippen molar-refractivity contribution >= 4 is 23.3 Å². The zero-order valence-corrected chi connectivity index (χ0v) is 15.7. The SMILES string of the molecule is CC(C)Oc1ccc(/C=C(/C#N)c2cccc(Cl)c2)c(OC(C)C)c1. The maximum absolute atomic E-state index is 9.55. The van der Waals surface area contributed by atoms with Gasteiger partial charge in [0, 0.05) is 16.7 Å². The van der Waals surface area contributed by atoms with Gasteiger partial charge in [0.2, 0.25) is 0 Å². The van der Waals surface area contributed by atoms with Gasteiger partial charge < -0.3 is 9.47 Å². The van der Waals surface area contributed by atoms with Crippen molar-refractivity contribution in [1.82, 2.24) is 0 Å². The quantitative estimate of drug-likeness (QED) is 0.473. The zero-order valence-electron chi connectivity index (χ0n) is 14.9. The maximum Gasteiger partial charge on any atom is 0.130 e. The predicted molar refractivity (Wildman–Crippen MR) is 103 cm³/mol. The molecule has 0 heterocycles. The fraction of sp³-hybridized carbons (Fsp3) is 0.286. The van der Waals surface area contributed by atoms with Crippen molar-refractivity contribution in [2.24, 2.45) is 0 Å². The Morgan fingerprint density at radius 1 is 1.04 bits per heavy atom. The summed E-state index contributed by atoms with van der Waals surface area (Å²) in [5.74, 6) is 1.42. The van der Waals surface area contributed by atoms with Gasteiger partial charge in [0.05, 0.1) is 23.9 Å². The Hall–Kier alpha value is -2.44. The lowest BCUT2D eigenvalue weighted by atomic mass is 10.0. The van der Waals surface area contributed by atoms with E-state index in [0.717, 1.165) is 16.9 Å². The summed E-state index contributed by atoms with van der Waals surface area (Å²) in [6, 6.07) is 15.1. The van der Waals surface area contributed by atoms with E-state index < -0.39 is 0 Å². The summed E-state index contributed by atoms with van der Waals surface area (Å²) in [6.07, 6.45) is 1.90. The summed E-state index contributed by atoms with van der Waals surface area (Å²) in [7, 11) is 0. The van der Waals surface area contributed by atoms with E-state index in [1.54, 1.807) is 12.1 Å². The van der Waals surface area contributed by atoms with Crippen LogP contribution in [0.1, 0.15) is 38.8 Å². The molecule has 0 N–H and O–H groups in total. The van der Waals surface area contributed by atoms with Crippen molar-refractivity contribution in [3.63, 3.8) is 0 Å². The first-order valence-corrected chi connectivity index (χ1v) is 8.62. The highest BCUT2D eigenvalue weighted by molar-refractivity contribution is 6.30. The van der Waals surface area contributed by atoms with Crippen LogP contribution < -0.4 is 9.47 Å². The van der Waals surface area contributed by atoms with E-state index in [1.165, 1.54) is 0 Å². The maximum atomic E-state index is 9.55. The number of allylic oxidation sites excluding steroid dienone is 1. The molecule has 0 aromatic heterocycles. The summed E-state index contributed by atoms with van der Waals surface area (Å²) in [6.45, 7) is 7.88. The number of nitrogens with zero attached hydrogens (tertiary/aromatic N) is 1. The Labute approximate surface area is 154 Å². The second-order valence-electron chi connectivity index (χ2n) is 6.21. The Bertz CT molecular complexity index is 804. The van der Waals surface area contributed by atoms with Crippen LogP contribution in [-0.4, -0.2) is 12.2 Å². The summed E-state index contributed by atoms with van der Waals surface area (Å²) in [5, 5.41) is 10.1. The monoisotopic (exact) mass is 355 g/mol. The zero-order chi connectivity index (χ0) is 18.4. The van der Waals surface area contributed by atoms with E-state index in [1.807, 2.05) is 64.1 Å². The molecule has 0 aliphatic carbocycles. The molecule has 0 unspecified atom stereocenters. The second-order valence-corrected chi connectivity index (χ2v) is 6.65. The Morgan fingerprint density at radius 2 is 1.76 bits per heavy atom. The molecule has 0 aliphatic heterocycles. The van der Waals surface area contributed by atoms with Crippen LogP contribution in [0.5, 0.6) is 11.5 Å². The van der Waals surface area contributed by atoms with Crippen molar-refractivity contribution in [3.05, 3.63) is 58.6 Å². The molecule has 0 aliphatic rings. The Balaban J connectivity index is 2.46. The number of rotatable bonds is 6. The van der Waals surface area contributed by atoms with Crippen LogP contribution in [0.3, 0.4) is 0 Å². The molecule has 4 heteroatoms. The van der Waals surface area contributed by atoms with Gasteiger partial charge in [-0.25, -0.2) is 0 Å². The lowest BCUT2D eigenvalue weighted by molar-refractivity contribution is 0.229. The highest BCUT2D eigenvalue weighted by Gasteiger charge is 2.10. The Morgan fingerprint density at radius 3 is 2.36 bits per heavy atom. The van der Waals surface area contributed by atoms with Gasteiger partial charge in [-0.1, -0.05) is 23.7 Å². The Kier molecular flexibility index (Phi) is 6.50. The van der Waals surface area contributed by atoms with Gasteiger partial charge in [-0.15, -0.1) is 0 Å². The lowest BCUT2D eigenvalue weighted by Crippen LogP contribution is -2.09. The van der Waals surface area contributed by atoms with E-state index in [0.29, 0.717) is 16.3 Å². The molecule has 0 atom stereocenters. The van der Waals surface area contributed by atoms with Gasteiger partial charge >= 0.3 is 0 Å². The van der Waals surface area contributed by atoms with Gasteiger partial charge in [-0.3, -0.25) is 0 Å². The van der Waals surface area contributed by atoms with E-state index >= 15 is 0 Å². The van der Waals surface area contributed by atoms with E-state index in [2.05, 4.69) is 6.07 Å². The molecule has 25 heavy (non-hydrogen) atoms. The number of benzene rings is 2. The summed E-state index contributed by atoms with van der Waals surface area (Å²) in [4.78, 5) is 0. The summed E-state index contributed by atoms with van der Waals surface area (Å²) >= 11 is 6.04. The minimum atomic E-state index is 0.0122. The van der Waals surface area contributed by atoms with Crippen LogP contribution in [0, 0.1) is 11.3 Å². The molecule has 0 radical (unpaired) electrons. The fourth-order valence-electron chi connectivity index (χ4n) is 2.33. The molecular weight excluding hydrogens is 334 g/mol. The second kappa shape index (κ2) is 8.60. The highest BCUT2D eigenvalue weighted by Crippen LogP contribution is 2.30. The average Bonchev–Trinajstić information content (AvgIpc) is 2.53. The minimum absolute atomic E-state index is 0.0122. The molecule has 0 bridgehead atoms. The fourth-order valence-corrected chi connectivity index (χ4v) is 2.52. The van der Waals surface area contributed by atoms with Crippen molar-refractivity contribution in [1.29, 1.82) is 5.26 Å². The van der Waals surface area contributed by atoms with Crippen molar-refractivity contribution in [3.8, 4) is 17.6 Å². The molecular formula is C21H22ClNO2. The summed E-state index contributed by atoms with van der Waals surface area (Å²) in [5.41, 5.74) is 2.11. The lowest BCUT2D eigenvalue weighted by Gasteiger charge is -2.16.